The van der Waals surface area contributed by atoms with Crippen LogP contribution in [-0.4, -0.2) is 17.6 Å². The lowest BCUT2D eigenvalue weighted by Crippen LogP contribution is -2.21. The Kier molecular flexibility index (Phi) is 3.84. The van der Waals surface area contributed by atoms with E-state index < -0.39 is 0 Å². The number of rotatable bonds is 3. The fourth-order valence-electron chi connectivity index (χ4n) is 1.53. The van der Waals surface area contributed by atoms with Crippen LogP contribution in [0.3, 0.4) is 0 Å². The molecule has 1 fully saturated rings. The molecule has 1 heterocycles. The summed E-state index contributed by atoms with van der Waals surface area (Å²) in [6.07, 6.45) is 1.68. The van der Waals surface area contributed by atoms with E-state index in [0.717, 1.165) is 5.56 Å². The summed E-state index contributed by atoms with van der Waals surface area (Å²) in [4.78, 5) is 11.5. The van der Waals surface area contributed by atoms with E-state index in [1.165, 1.54) is 0 Å². The van der Waals surface area contributed by atoms with Gasteiger partial charge in [-0.05, 0) is 42.9 Å². The van der Waals surface area contributed by atoms with Gasteiger partial charge in [0.15, 0.2) is 5.11 Å². The highest BCUT2D eigenvalue weighted by atomic mass is 35.5. The molecule has 1 amide bonds. The average molecular weight is 283 g/mol. The summed E-state index contributed by atoms with van der Waals surface area (Å²) in [5, 5.41) is 6.07. The number of carbonyl (C=O) groups is 1. The molecule has 2 rings (SSSR count). The van der Waals surface area contributed by atoms with Gasteiger partial charge in [-0.1, -0.05) is 17.7 Å². The molecule has 0 atom stereocenters. The Balaban J connectivity index is 2.25. The molecule has 94 valence electrons. The SMILES string of the molecule is CCOc1ccc(/C=C2/NC(=S)NC2=O)cc1Cl. The Bertz CT molecular complexity index is 543. The van der Waals surface area contributed by atoms with Crippen LogP contribution < -0.4 is 15.4 Å². The molecule has 1 aliphatic rings. The van der Waals surface area contributed by atoms with Crippen LogP contribution in [0.15, 0.2) is 23.9 Å². The minimum Gasteiger partial charge on any atom is -0.492 e. The molecule has 0 aromatic heterocycles. The highest BCUT2D eigenvalue weighted by molar-refractivity contribution is 7.80. The predicted molar refractivity (Wildman–Crippen MR) is 74.5 cm³/mol. The third kappa shape index (κ3) is 2.80. The van der Waals surface area contributed by atoms with Gasteiger partial charge in [0.1, 0.15) is 11.4 Å². The van der Waals surface area contributed by atoms with Crippen molar-refractivity contribution in [2.75, 3.05) is 6.61 Å². The van der Waals surface area contributed by atoms with E-state index in [1.54, 1.807) is 18.2 Å². The highest BCUT2D eigenvalue weighted by Gasteiger charge is 2.19. The van der Waals surface area contributed by atoms with Crippen LogP contribution in [0.5, 0.6) is 5.75 Å². The molecule has 2 N–H and O–H groups in total. The summed E-state index contributed by atoms with van der Waals surface area (Å²) in [6.45, 7) is 2.44. The molecule has 0 aliphatic carbocycles. The largest absolute Gasteiger partial charge is 0.492 e. The van der Waals surface area contributed by atoms with Crippen molar-refractivity contribution in [3.05, 3.63) is 34.5 Å². The van der Waals surface area contributed by atoms with Crippen LogP contribution in [0.25, 0.3) is 6.08 Å². The molecule has 1 aromatic rings. The predicted octanol–water partition coefficient (Wildman–Crippen LogP) is 2.08. The van der Waals surface area contributed by atoms with Crippen molar-refractivity contribution >= 4 is 40.9 Å². The maximum absolute atomic E-state index is 11.5. The summed E-state index contributed by atoms with van der Waals surface area (Å²) in [5.41, 5.74) is 1.20. The van der Waals surface area contributed by atoms with Crippen molar-refractivity contribution in [3.63, 3.8) is 0 Å². The smallest absolute Gasteiger partial charge is 0.273 e. The third-order valence-corrected chi connectivity index (χ3v) is 2.79. The lowest BCUT2D eigenvalue weighted by molar-refractivity contribution is -0.115. The Labute approximate surface area is 115 Å². The van der Waals surface area contributed by atoms with Gasteiger partial charge >= 0.3 is 0 Å². The lowest BCUT2D eigenvalue weighted by Gasteiger charge is -2.06. The van der Waals surface area contributed by atoms with Gasteiger partial charge in [0, 0.05) is 0 Å². The molecule has 0 spiro atoms. The Morgan fingerprint density at radius 1 is 1.44 bits per heavy atom. The van der Waals surface area contributed by atoms with Gasteiger partial charge in [-0.2, -0.15) is 0 Å². The van der Waals surface area contributed by atoms with E-state index in [2.05, 4.69) is 10.6 Å². The number of halogens is 1. The van der Waals surface area contributed by atoms with Crippen LogP contribution in [0.2, 0.25) is 5.02 Å². The molecule has 18 heavy (non-hydrogen) atoms. The Morgan fingerprint density at radius 2 is 2.22 bits per heavy atom. The van der Waals surface area contributed by atoms with Crippen molar-refractivity contribution < 1.29 is 9.53 Å². The number of carbonyl (C=O) groups excluding carboxylic acids is 1. The maximum Gasteiger partial charge on any atom is 0.273 e. The number of nitrogens with one attached hydrogen (secondary N) is 2. The van der Waals surface area contributed by atoms with Crippen LogP contribution in [0, 0.1) is 0 Å². The first kappa shape index (κ1) is 12.9. The fourth-order valence-corrected chi connectivity index (χ4v) is 1.97. The molecule has 1 aromatic carbocycles. The quantitative estimate of drug-likeness (QED) is 0.658. The zero-order valence-electron chi connectivity index (χ0n) is 9.62. The average Bonchev–Trinajstić information content (AvgIpc) is 2.61. The Hall–Kier alpha value is -1.59. The molecule has 0 unspecified atom stereocenters. The van der Waals surface area contributed by atoms with Crippen molar-refractivity contribution in [1.29, 1.82) is 0 Å². The van der Waals surface area contributed by atoms with Gasteiger partial charge in [-0.25, -0.2) is 0 Å². The molecular weight excluding hydrogens is 272 g/mol. The number of hydrogen-bond donors (Lipinski definition) is 2. The van der Waals surface area contributed by atoms with Gasteiger partial charge in [0.2, 0.25) is 0 Å². The number of amides is 1. The molecule has 0 bridgehead atoms. The topological polar surface area (TPSA) is 50.4 Å². The molecule has 0 radical (unpaired) electrons. The second-order valence-electron chi connectivity index (χ2n) is 3.59. The second-order valence-corrected chi connectivity index (χ2v) is 4.40. The summed E-state index contributed by atoms with van der Waals surface area (Å²) in [7, 11) is 0. The van der Waals surface area contributed by atoms with Crippen molar-refractivity contribution in [2.24, 2.45) is 0 Å². The van der Waals surface area contributed by atoms with Gasteiger partial charge in [0.25, 0.3) is 5.91 Å². The number of ether oxygens (including phenoxy) is 1. The van der Waals surface area contributed by atoms with E-state index >= 15 is 0 Å². The fraction of sp³-hybridized carbons (Fsp3) is 0.167. The van der Waals surface area contributed by atoms with Crippen molar-refractivity contribution in [2.45, 2.75) is 6.92 Å². The summed E-state index contributed by atoms with van der Waals surface area (Å²) in [6, 6.07) is 5.32. The van der Waals surface area contributed by atoms with Crippen LogP contribution in [-0.2, 0) is 4.79 Å². The van der Waals surface area contributed by atoms with E-state index in [9.17, 15) is 4.79 Å². The monoisotopic (exact) mass is 282 g/mol. The van der Waals surface area contributed by atoms with Gasteiger partial charge in [0.05, 0.1) is 11.6 Å². The highest BCUT2D eigenvalue weighted by Crippen LogP contribution is 2.26. The second kappa shape index (κ2) is 5.37. The van der Waals surface area contributed by atoms with Gasteiger partial charge < -0.3 is 10.1 Å². The first-order valence-corrected chi connectivity index (χ1v) is 6.15. The minimum absolute atomic E-state index is 0.245. The number of benzene rings is 1. The van der Waals surface area contributed by atoms with Crippen LogP contribution >= 0.6 is 23.8 Å². The lowest BCUT2D eigenvalue weighted by atomic mass is 10.2. The summed E-state index contributed by atoms with van der Waals surface area (Å²) < 4.78 is 5.33. The first-order valence-electron chi connectivity index (χ1n) is 5.36. The van der Waals surface area contributed by atoms with Crippen molar-refractivity contribution in [3.8, 4) is 5.75 Å². The molecule has 4 nitrogen and oxygen atoms in total. The maximum atomic E-state index is 11.5. The number of thiocarbonyl (C=S) groups is 1. The molecule has 1 aliphatic heterocycles. The zero-order valence-corrected chi connectivity index (χ0v) is 11.2. The van der Waals surface area contributed by atoms with E-state index in [1.807, 2.05) is 13.0 Å². The van der Waals surface area contributed by atoms with E-state index in [-0.39, 0.29) is 5.91 Å². The molecule has 1 saturated heterocycles. The standard InChI is InChI=1S/C12H11ClN2O2S/c1-2-17-10-4-3-7(5-8(10)13)6-9-11(16)15-12(18)14-9/h3-6H,2H2,1H3,(H2,14,15,16,18)/b9-6+. The zero-order chi connectivity index (χ0) is 13.1. The van der Waals surface area contributed by atoms with Crippen molar-refractivity contribution in [1.82, 2.24) is 10.6 Å². The van der Waals surface area contributed by atoms with Gasteiger partial charge in [-0.3, -0.25) is 10.1 Å². The van der Waals surface area contributed by atoms with Crippen LogP contribution in [0.4, 0.5) is 0 Å². The normalized spacial score (nSPS) is 16.7. The summed E-state index contributed by atoms with van der Waals surface area (Å²) in [5.74, 6) is 0.380. The van der Waals surface area contributed by atoms with E-state index in [4.69, 9.17) is 28.6 Å². The third-order valence-electron chi connectivity index (χ3n) is 2.29. The van der Waals surface area contributed by atoms with E-state index in [0.29, 0.717) is 28.2 Å². The van der Waals surface area contributed by atoms with Crippen LogP contribution in [0.1, 0.15) is 12.5 Å². The number of hydrogen-bond acceptors (Lipinski definition) is 3. The molecule has 6 heteroatoms. The van der Waals surface area contributed by atoms with Gasteiger partial charge in [-0.15, -0.1) is 0 Å². The molecule has 0 saturated carbocycles. The molecular formula is C12H11ClN2O2S. The first-order chi connectivity index (χ1) is 8.60. The summed E-state index contributed by atoms with van der Waals surface area (Å²) >= 11 is 10.9. The minimum atomic E-state index is -0.245. The Morgan fingerprint density at radius 3 is 2.78 bits per heavy atom.